The van der Waals surface area contributed by atoms with Gasteiger partial charge in [-0.15, -0.1) is 0 Å². The van der Waals surface area contributed by atoms with Crippen molar-refractivity contribution in [1.82, 2.24) is 0 Å². The third-order valence-electron chi connectivity index (χ3n) is 5.66. The van der Waals surface area contributed by atoms with Crippen molar-refractivity contribution in [2.75, 3.05) is 24.4 Å². The normalized spacial score (nSPS) is 17.9. The molecule has 0 saturated heterocycles. The van der Waals surface area contributed by atoms with Gasteiger partial charge in [0.25, 0.3) is 5.91 Å². The van der Waals surface area contributed by atoms with Crippen LogP contribution >= 0.6 is 0 Å². The molecule has 150 valence electrons. The summed E-state index contributed by atoms with van der Waals surface area (Å²) in [6.07, 6.45) is 2.69. The molecule has 1 amide bonds. The van der Waals surface area contributed by atoms with Crippen molar-refractivity contribution in [2.45, 2.75) is 38.6 Å². The van der Waals surface area contributed by atoms with Crippen molar-refractivity contribution < 1.29 is 9.53 Å². The van der Waals surface area contributed by atoms with Crippen LogP contribution in [0.2, 0.25) is 0 Å². The van der Waals surface area contributed by atoms with E-state index in [4.69, 9.17) is 4.74 Å². The Morgan fingerprint density at radius 2 is 2.07 bits per heavy atom. The van der Waals surface area contributed by atoms with E-state index in [0.717, 1.165) is 12.0 Å². The van der Waals surface area contributed by atoms with Crippen LogP contribution in [0.4, 0.5) is 11.4 Å². The molecule has 0 saturated carbocycles. The van der Waals surface area contributed by atoms with E-state index in [0.29, 0.717) is 17.4 Å². The number of anilines is 2. The quantitative estimate of drug-likeness (QED) is 0.593. The molecule has 29 heavy (non-hydrogen) atoms. The molecule has 1 aliphatic heterocycles. The fourth-order valence-electron chi connectivity index (χ4n) is 3.90. The number of carbonyl (C=O) groups excluding carboxylic acids is 1. The highest BCUT2D eigenvalue weighted by Gasteiger charge is 2.33. The number of nitrogens with zero attached hydrogens (tertiary/aromatic N) is 2. The minimum Gasteiger partial charge on any atom is -0.497 e. The van der Waals surface area contributed by atoms with Gasteiger partial charge < -0.3 is 15.0 Å². The van der Waals surface area contributed by atoms with Gasteiger partial charge >= 0.3 is 0 Å². The molecule has 0 bridgehead atoms. The summed E-state index contributed by atoms with van der Waals surface area (Å²) < 4.78 is 5.17. The maximum absolute atomic E-state index is 12.6. The zero-order valence-corrected chi connectivity index (χ0v) is 17.6. The lowest BCUT2D eigenvalue weighted by atomic mass is 9.80. The second-order valence-corrected chi connectivity index (χ2v) is 8.15. The predicted molar refractivity (Wildman–Crippen MR) is 117 cm³/mol. The van der Waals surface area contributed by atoms with Crippen molar-refractivity contribution in [3.8, 4) is 11.8 Å². The Hall–Kier alpha value is -3.26. The van der Waals surface area contributed by atoms with E-state index < -0.39 is 5.91 Å². The number of nitrogens with one attached hydrogen (secondary N) is 1. The van der Waals surface area contributed by atoms with Crippen LogP contribution in [0, 0.1) is 11.3 Å². The molecule has 1 aliphatic rings. The topological polar surface area (TPSA) is 65.4 Å². The Morgan fingerprint density at radius 3 is 2.76 bits per heavy atom. The van der Waals surface area contributed by atoms with Gasteiger partial charge in [0, 0.05) is 30.0 Å². The number of ether oxygens (including phenoxy) is 1. The molecule has 2 aromatic rings. The van der Waals surface area contributed by atoms with Crippen LogP contribution in [0.25, 0.3) is 6.08 Å². The number of nitriles is 1. The summed E-state index contributed by atoms with van der Waals surface area (Å²) >= 11 is 0. The van der Waals surface area contributed by atoms with Gasteiger partial charge in [0.2, 0.25) is 0 Å². The Morgan fingerprint density at radius 1 is 1.31 bits per heavy atom. The highest BCUT2D eigenvalue weighted by Crippen LogP contribution is 2.42. The molecule has 1 heterocycles. The third-order valence-corrected chi connectivity index (χ3v) is 5.66. The molecule has 3 rings (SSSR count). The minimum absolute atomic E-state index is 0.0601. The van der Waals surface area contributed by atoms with Crippen LogP contribution in [0.1, 0.15) is 44.2 Å². The molecule has 1 atom stereocenters. The second kappa shape index (κ2) is 8.00. The van der Waals surface area contributed by atoms with Crippen molar-refractivity contribution in [3.05, 3.63) is 59.2 Å². The fraction of sp³-hybridized carbons (Fsp3) is 0.333. The molecule has 0 fully saturated rings. The largest absolute Gasteiger partial charge is 0.497 e. The van der Waals surface area contributed by atoms with Gasteiger partial charge in [-0.25, -0.2) is 0 Å². The monoisotopic (exact) mass is 389 g/mol. The lowest BCUT2D eigenvalue weighted by molar-refractivity contribution is -0.112. The molecular formula is C24H27N3O2. The van der Waals surface area contributed by atoms with Crippen molar-refractivity contribution in [1.29, 1.82) is 5.26 Å². The first-order valence-corrected chi connectivity index (χ1v) is 9.70. The van der Waals surface area contributed by atoms with E-state index in [1.165, 1.54) is 11.3 Å². The van der Waals surface area contributed by atoms with E-state index in [9.17, 15) is 10.1 Å². The van der Waals surface area contributed by atoms with Gasteiger partial charge in [0.05, 0.1) is 7.11 Å². The molecule has 0 spiro atoms. The molecule has 5 nitrogen and oxygen atoms in total. The Balaban J connectivity index is 1.87. The molecule has 1 N–H and O–H groups in total. The highest BCUT2D eigenvalue weighted by molar-refractivity contribution is 6.09. The Labute approximate surface area is 172 Å². The average Bonchev–Trinajstić information content (AvgIpc) is 2.70. The van der Waals surface area contributed by atoms with Crippen molar-refractivity contribution >= 4 is 23.4 Å². The fourth-order valence-corrected chi connectivity index (χ4v) is 3.90. The maximum Gasteiger partial charge on any atom is 0.266 e. The van der Waals surface area contributed by atoms with Gasteiger partial charge in [0.15, 0.2) is 0 Å². The first-order chi connectivity index (χ1) is 13.7. The van der Waals surface area contributed by atoms with Crippen molar-refractivity contribution in [2.24, 2.45) is 0 Å². The number of benzene rings is 2. The van der Waals surface area contributed by atoms with E-state index in [-0.39, 0.29) is 11.1 Å². The minimum atomic E-state index is -0.440. The maximum atomic E-state index is 12.6. The third kappa shape index (κ3) is 4.27. The molecule has 5 heteroatoms. The number of rotatable bonds is 4. The van der Waals surface area contributed by atoms with Crippen LogP contribution < -0.4 is 15.0 Å². The predicted octanol–water partition coefficient (Wildman–Crippen LogP) is 4.96. The average molecular weight is 389 g/mol. The molecule has 2 aromatic carbocycles. The van der Waals surface area contributed by atoms with Crippen LogP contribution in [-0.4, -0.2) is 25.6 Å². The van der Waals surface area contributed by atoms with Crippen LogP contribution in [0.3, 0.4) is 0 Å². The first kappa shape index (κ1) is 20.5. The van der Waals surface area contributed by atoms with Crippen LogP contribution in [-0.2, 0) is 4.79 Å². The van der Waals surface area contributed by atoms with Gasteiger partial charge in [-0.2, -0.15) is 5.26 Å². The SMILES string of the molecule is COc1cccc(NC(=O)/C(C#N)=C/c2ccc3c(c2)C(C)CC(C)(C)N3C)c1. The van der Waals surface area contributed by atoms with Crippen LogP contribution in [0.15, 0.2) is 48.0 Å². The van der Waals surface area contributed by atoms with E-state index in [1.807, 2.05) is 12.1 Å². The summed E-state index contributed by atoms with van der Waals surface area (Å²) in [5.74, 6) is 0.603. The molecule has 1 unspecified atom stereocenters. The summed E-state index contributed by atoms with van der Waals surface area (Å²) in [4.78, 5) is 14.9. The lowest BCUT2D eigenvalue weighted by Crippen LogP contribution is -2.45. The number of hydrogen-bond donors (Lipinski definition) is 1. The summed E-state index contributed by atoms with van der Waals surface area (Å²) in [5.41, 5.74) is 4.03. The molecule has 0 radical (unpaired) electrons. The lowest BCUT2D eigenvalue weighted by Gasteiger charge is -2.45. The van der Waals surface area contributed by atoms with Crippen LogP contribution in [0.5, 0.6) is 5.75 Å². The number of fused-ring (bicyclic) bond motifs is 1. The first-order valence-electron chi connectivity index (χ1n) is 9.70. The highest BCUT2D eigenvalue weighted by atomic mass is 16.5. The number of carbonyl (C=O) groups is 1. The van der Waals surface area contributed by atoms with Crippen molar-refractivity contribution in [3.63, 3.8) is 0 Å². The van der Waals surface area contributed by atoms with Gasteiger partial charge in [0.1, 0.15) is 17.4 Å². The summed E-state index contributed by atoms with van der Waals surface area (Å²) in [6, 6.07) is 15.2. The molecule has 0 aromatic heterocycles. The summed E-state index contributed by atoms with van der Waals surface area (Å²) in [5, 5.41) is 12.3. The molecule has 0 aliphatic carbocycles. The number of amides is 1. The Bertz CT molecular complexity index is 1000. The van der Waals surface area contributed by atoms with Gasteiger partial charge in [-0.1, -0.05) is 19.1 Å². The van der Waals surface area contributed by atoms with E-state index >= 15 is 0 Å². The zero-order chi connectivity index (χ0) is 21.2. The van der Waals surface area contributed by atoms with Gasteiger partial charge in [-0.05, 0) is 67.7 Å². The second-order valence-electron chi connectivity index (χ2n) is 8.15. The summed E-state index contributed by atoms with van der Waals surface area (Å²) in [6.45, 7) is 6.72. The zero-order valence-electron chi connectivity index (χ0n) is 17.6. The van der Waals surface area contributed by atoms with E-state index in [2.05, 4.69) is 50.2 Å². The summed E-state index contributed by atoms with van der Waals surface area (Å²) in [7, 11) is 3.68. The van der Waals surface area contributed by atoms with Gasteiger partial charge in [-0.3, -0.25) is 4.79 Å². The number of methoxy groups -OCH3 is 1. The standard InChI is InChI=1S/C24H27N3O2/c1-16-14-24(2,3)27(4)22-10-9-17(12-21(16)22)11-18(15-25)23(28)26-19-7-6-8-20(13-19)29-5/h6-13,16H,14H2,1-5H3,(H,26,28)/b18-11+. The molecular weight excluding hydrogens is 362 g/mol. The smallest absolute Gasteiger partial charge is 0.266 e. The van der Waals surface area contributed by atoms with E-state index in [1.54, 1.807) is 37.5 Å². The Kier molecular flexibility index (Phi) is 5.65. The number of hydrogen-bond acceptors (Lipinski definition) is 4.